The van der Waals surface area contributed by atoms with Gasteiger partial charge in [-0.3, -0.25) is 4.68 Å². The molecule has 72 valence electrons. The average Bonchev–Trinajstić information content (AvgIpc) is 2.30. The summed E-state index contributed by atoms with van der Waals surface area (Å²) in [6.07, 6.45) is 1.77. The molecule has 0 saturated heterocycles. The second kappa shape index (κ2) is 3.93. The largest absolute Gasteiger partial charge is 0.338 e. The Kier molecular flexibility index (Phi) is 2.89. The summed E-state index contributed by atoms with van der Waals surface area (Å²) in [7, 11) is 1.82. The highest BCUT2D eigenvalue weighted by Gasteiger charge is 2.05. The van der Waals surface area contributed by atoms with Crippen molar-refractivity contribution in [2.45, 2.75) is 13.8 Å². The summed E-state index contributed by atoms with van der Waals surface area (Å²) in [6.45, 7) is 4.34. The predicted molar refractivity (Wildman–Crippen MR) is 50.6 cm³/mol. The molecule has 5 heteroatoms. The fraction of sp³-hybridized carbons (Fsp3) is 0.500. The lowest BCUT2D eigenvalue weighted by Crippen LogP contribution is -2.28. The third-order valence-electron chi connectivity index (χ3n) is 1.60. The zero-order chi connectivity index (χ0) is 9.84. The third kappa shape index (κ3) is 2.47. The Hall–Kier alpha value is -1.52. The van der Waals surface area contributed by atoms with Gasteiger partial charge in [-0.25, -0.2) is 4.79 Å². The van der Waals surface area contributed by atoms with Crippen LogP contribution in [0.25, 0.3) is 0 Å². The van der Waals surface area contributed by atoms with E-state index in [-0.39, 0.29) is 6.03 Å². The Bertz CT molecular complexity index is 305. The molecule has 13 heavy (non-hydrogen) atoms. The number of carbonyl (C=O) groups excluding carboxylic acids is 1. The molecule has 1 aromatic heterocycles. The molecule has 0 fully saturated rings. The van der Waals surface area contributed by atoms with Gasteiger partial charge in [0.1, 0.15) is 0 Å². The van der Waals surface area contributed by atoms with Crippen LogP contribution in [0.2, 0.25) is 0 Å². The molecule has 1 heterocycles. The minimum atomic E-state index is -0.196. The van der Waals surface area contributed by atoms with Gasteiger partial charge in [0.05, 0.1) is 11.4 Å². The second-order valence-electron chi connectivity index (χ2n) is 2.79. The van der Waals surface area contributed by atoms with Crippen LogP contribution in [0.4, 0.5) is 10.5 Å². The van der Waals surface area contributed by atoms with Gasteiger partial charge in [-0.05, 0) is 13.8 Å². The van der Waals surface area contributed by atoms with Crippen LogP contribution in [0.1, 0.15) is 12.6 Å². The number of aromatic nitrogens is 2. The van der Waals surface area contributed by atoms with Crippen molar-refractivity contribution in [1.82, 2.24) is 15.1 Å². The first-order chi connectivity index (χ1) is 6.13. The van der Waals surface area contributed by atoms with E-state index in [2.05, 4.69) is 15.7 Å². The summed E-state index contributed by atoms with van der Waals surface area (Å²) in [5.41, 5.74) is 1.56. The SMILES string of the molecule is CCNC(=O)Nc1cn(C)nc1C. The van der Waals surface area contributed by atoms with Crippen LogP contribution >= 0.6 is 0 Å². The second-order valence-corrected chi connectivity index (χ2v) is 2.79. The number of anilines is 1. The lowest BCUT2D eigenvalue weighted by molar-refractivity contribution is 0.252. The summed E-state index contributed by atoms with van der Waals surface area (Å²) < 4.78 is 1.66. The van der Waals surface area contributed by atoms with Gasteiger partial charge < -0.3 is 10.6 Å². The number of aryl methyl sites for hydroxylation is 2. The monoisotopic (exact) mass is 182 g/mol. The summed E-state index contributed by atoms with van der Waals surface area (Å²) in [6, 6.07) is -0.196. The van der Waals surface area contributed by atoms with Crippen molar-refractivity contribution in [1.29, 1.82) is 0 Å². The van der Waals surface area contributed by atoms with Gasteiger partial charge >= 0.3 is 6.03 Å². The van der Waals surface area contributed by atoms with E-state index in [9.17, 15) is 4.79 Å². The van der Waals surface area contributed by atoms with Crippen molar-refractivity contribution < 1.29 is 4.79 Å². The molecule has 0 spiro atoms. The lowest BCUT2D eigenvalue weighted by Gasteiger charge is -2.02. The van der Waals surface area contributed by atoms with Crippen LogP contribution in [-0.4, -0.2) is 22.4 Å². The van der Waals surface area contributed by atoms with Crippen LogP contribution in [0.3, 0.4) is 0 Å². The number of nitrogens with zero attached hydrogens (tertiary/aromatic N) is 2. The minimum absolute atomic E-state index is 0.196. The Morgan fingerprint density at radius 1 is 1.69 bits per heavy atom. The van der Waals surface area contributed by atoms with E-state index in [0.717, 1.165) is 11.4 Å². The molecular formula is C8H14N4O. The van der Waals surface area contributed by atoms with Crippen molar-refractivity contribution in [3.05, 3.63) is 11.9 Å². The molecule has 2 amide bonds. The maximum Gasteiger partial charge on any atom is 0.319 e. The van der Waals surface area contributed by atoms with Crippen molar-refractivity contribution in [2.75, 3.05) is 11.9 Å². The topological polar surface area (TPSA) is 59.0 Å². The van der Waals surface area contributed by atoms with Gasteiger partial charge in [0.2, 0.25) is 0 Å². The standard InChI is InChI=1S/C8H14N4O/c1-4-9-8(13)10-7-5-12(3)11-6(7)2/h5H,4H2,1-3H3,(H2,9,10,13). The number of hydrogen-bond acceptors (Lipinski definition) is 2. The molecule has 0 saturated carbocycles. The molecule has 0 aliphatic carbocycles. The number of hydrogen-bond donors (Lipinski definition) is 2. The number of carbonyl (C=O) groups is 1. The molecule has 2 N–H and O–H groups in total. The lowest BCUT2D eigenvalue weighted by atomic mass is 10.4. The summed E-state index contributed by atoms with van der Waals surface area (Å²) >= 11 is 0. The highest BCUT2D eigenvalue weighted by molar-refractivity contribution is 5.89. The summed E-state index contributed by atoms with van der Waals surface area (Å²) in [5.74, 6) is 0. The normalized spacial score (nSPS) is 9.77. The fourth-order valence-electron chi connectivity index (χ4n) is 1.05. The van der Waals surface area contributed by atoms with E-state index in [1.54, 1.807) is 10.9 Å². The van der Waals surface area contributed by atoms with Crippen LogP contribution in [0, 0.1) is 6.92 Å². The first kappa shape index (κ1) is 9.57. The Morgan fingerprint density at radius 3 is 2.85 bits per heavy atom. The molecule has 0 bridgehead atoms. The third-order valence-corrected chi connectivity index (χ3v) is 1.60. The summed E-state index contributed by atoms with van der Waals surface area (Å²) in [5, 5.41) is 9.44. The van der Waals surface area contributed by atoms with E-state index >= 15 is 0 Å². The van der Waals surface area contributed by atoms with Crippen molar-refractivity contribution >= 4 is 11.7 Å². The smallest absolute Gasteiger partial charge is 0.319 e. The molecule has 0 radical (unpaired) electrons. The fourth-order valence-corrected chi connectivity index (χ4v) is 1.05. The Balaban J connectivity index is 2.63. The molecule has 0 atom stereocenters. The van der Waals surface area contributed by atoms with Gasteiger partial charge in [0.15, 0.2) is 0 Å². The Labute approximate surface area is 77.1 Å². The van der Waals surface area contributed by atoms with Crippen molar-refractivity contribution in [3.8, 4) is 0 Å². The average molecular weight is 182 g/mol. The molecule has 0 aliphatic rings. The Morgan fingerprint density at radius 2 is 2.38 bits per heavy atom. The first-order valence-electron chi connectivity index (χ1n) is 4.18. The van der Waals surface area contributed by atoms with E-state index in [4.69, 9.17) is 0 Å². The van der Waals surface area contributed by atoms with E-state index in [1.165, 1.54) is 0 Å². The molecule has 1 rings (SSSR count). The van der Waals surface area contributed by atoms with Crippen LogP contribution in [-0.2, 0) is 7.05 Å². The van der Waals surface area contributed by atoms with Gasteiger partial charge in [0.25, 0.3) is 0 Å². The summed E-state index contributed by atoms with van der Waals surface area (Å²) in [4.78, 5) is 11.1. The van der Waals surface area contributed by atoms with Crippen LogP contribution < -0.4 is 10.6 Å². The number of urea groups is 1. The van der Waals surface area contributed by atoms with Gasteiger partial charge in [-0.15, -0.1) is 0 Å². The van der Waals surface area contributed by atoms with Gasteiger partial charge in [-0.1, -0.05) is 0 Å². The van der Waals surface area contributed by atoms with Crippen molar-refractivity contribution in [3.63, 3.8) is 0 Å². The molecule has 0 aliphatic heterocycles. The maximum absolute atomic E-state index is 11.1. The highest BCUT2D eigenvalue weighted by Crippen LogP contribution is 2.10. The zero-order valence-corrected chi connectivity index (χ0v) is 8.09. The molecule has 1 aromatic rings. The van der Waals surface area contributed by atoms with Crippen molar-refractivity contribution in [2.24, 2.45) is 7.05 Å². The quantitative estimate of drug-likeness (QED) is 0.713. The maximum atomic E-state index is 11.1. The van der Waals surface area contributed by atoms with Crippen LogP contribution in [0.5, 0.6) is 0 Å². The van der Waals surface area contributed by atoms with Gasteiger partial charge in [0, 0.05) is 19.8 Å². The zero-order valence-electron chi connectivity index (χ0n) is 8.09. The molecule has 0 unspecified atom stereocenters. The molecule has 5 nitrogen and oxygen atoms in total. The highest BCUT2D eigenvalue weighted by atomic mass is 16.2. The van der Waals surface area contributed by atoms with E-state index in [1.807, 2.05) is 20.9 Å². The van der Waals surface area contributed by atoms with Crippen LogP contribution in [0.15, 0.2) is 6.20 Å². The number of amides is 2. The predicted octanol–water partition coefficient (Wildman–Crippen LogP) is 0.870. The number of rotatable bonds is 2. The molecular weight excluding hydrogens is 168 g/mol. The molecule has 0 aromatic carbocycles. The van der Waals surface area contributed by atoms with E-state index in [0.29, 0.717) is 6.54 Å². The minimum Gasteiger partial charge on any atom is -0.338 e. The number of nitrogens with one attached hydrogen (secondary N) is 2. The van der Waals surface area contributed by atoms with Gasteiger partial charge in [-0.2, -0.15) is 5.10 Å². The first-order valence-corrected chi connectivity index (χ1v) is 4.18. The van der Waals surface area contributed by atoms with E-state index < -0.39 is 0 Å².